The molecule has 14 heteroatoms. The zero-order valence-corrected chi connectivity index (χ0v) is 19.3. The van der Waals surface area contributed by atoms with Crippen LogP contribution in [-0.4, -0.2) is 82.2 Å². The number of aliphatic hydroxyl groups is 1. The Morgan fingerprint density at radius 1 is 1.18 bits per heavy atom. The molecular weight excluding hydrogens is 490 g/mol. The van der Waals surface area contributed by atoms with Gasteiger partial charge in [0.25, 0.3) is 5.91 Å². The van der Waals surface area contributed by atoms with E-state index in [0.717, 1.165) is 4.90 Å². The van der Waals surface area contributed by atoms with E-state index in [-0.39, 0.29) is 41.2 Å². The summed E-state index contributed by atoms with van der Waals surface area (Å²) in [5.41, 5.74) is -0.0682. The first-order valence-corrected chi connectivity index (χ1v) is 12.7. The second-order valence-electron chi connectivity index (χ2n) is 7.59. The van der Waals surface area contributed by atoms with E-state index in [2.05, 4.69) is 10.0 Å². The van der Waals surface area contributed by atoms with Crippen molar-refractivity contribution < 1.29 is 42.9 Å². The maximum Gasteiger partial charge on any atom is 0.352 e. The highest BCUT2D eigenvalue weighted by Gasteiger charge is 2.54. The fraction of sp³-hybridized carbons (Fsp3) is 0.400. The number of fused-ring (bicyclic) bond motifs is 1. The minimum absolute atomic E-state index is 0.0253. The number of rotatable bonds is 11. The quantitative estimate of drug-likeness (QED) is 0.237. The van der Waals surface area contributed by atoms with Crippen molar-refractivity contribution in [3.8, 4) is 0 Å². The maximum absolute atomic E-state index is 12.4. The van der Waals surface area contributed by atoms with Crippen LogP contribution in [0, 0.1) is 0 Å². The molecule has 2 aliphatic rings. The predicted molar refractivity (Wildman–Crippen MR) is 119 cm³/mol. The first-order valence-electron chi connectivity index (χ1n) is 10.2. The van der Waals surface area contributed by atoms with Gasteiger partial charge in [0.05, 0.1) is 11.5 Å². The number of aliphatic hydroxyl groups excluding tert-OH is 1. The third-order valence-corrected chi connectivity index (χ3v) is 8.13. The first-order chi connectivity index (χ1) is 16.1. The van der Waals surface area contributed by atoms with Crippen molar-refractivity contribution in [2.24, 2.45) is 0 Å². The van der Waals surface area contributed by atoms with E-state index in [1.54, 1.807) is 6.07 Å². The molecule has 0 spiro atoms. The van der Waals surface area contributed by atoms with Gasteiger partial charge in [-0.15, -0.1) is 11.8 Å². The van der Waals surface area contributed by atoms with Gasteiger partial charge in [0, 0.05) is 12.2 Å². The average molecular weight is 514 g/mol. The number of benzene rings is 1. The number of carboxylic acids is 2. The Morgan fingerprint density at radius 3 is 2.44 bits per heavy atom. The van der Waals surface area contributed by atoms with E-state index in [1.807, 2.05) is 0 Å². The van der Waals surface area contributed by atoms with Gasteiger partial charge < -0.3 is 20.6 Å². The van der Waals surface area contributed by atoms with Crippen LogP contribution in [0.1, 0.15) is 19.3 Å². The fourth-order valence-electron chi connectivity index (χ4n) is 3.60. The van der Waals surface area contributed by atoms with E-state index in [9.17, 15) is 42.9 Å². The van der Waals surface area contributed by atoms with Gasteiger partial charge in [-0.2, -0.15) is 4.72 Å². The molecule has 3 rings (SSSR count). The molecule has 184 valence electrons. The van der Waals surface area contributed by atoms with Crippen molar-refractivity contribution in [1.82, 2.24) is 14.9 Å². The molecule has 3 atom stereocenters. The monoisotopic (exact) mass is 513 g/mol. The minimum Gasteiger partial charge on any atom is -0.480 e. The molecule has 2 aliphatic heterocycles. The average Bonchev–Trinajstić information content (AvgIpc) is 2.81. The van der Waals surface area contributed by atoms with E-state index < -0.39 is 57.8 Å². The Morgan fingerprint density at radius 2 is 1.85 bits per heavy atom. The largest absolute Gasteiger partial charge is 0.480 e. The minimum atomic E-state index is -4.06. The van der Waals surface area contributed by atoms with Gasteiger partial charge >= 0.3 is 11.9 Å². The van der Waals surface area contributed by atoms with Crippen LogP contribution < -0.4 is 10.0 Å². The lowest BCUT2D eigenvalue weighted by Crippen LogP contribution is -2.70. The van der Waals surface area contributed by atoms with Crippen LogP contribution in [0.3, 0.4) is 0 Å². The normalized spacial score (nSPS) is 20.9. The Labute approximate surface area is 199 Å². The Balaban J connectivity index is 1.53. The van der Waals surface area contributed by atoms with Crippen molar-refractivity contribution in [2.75, 3.05) is 12.4 Å². The van der Waals surface area contributed by atoms with Crippen LogP contribution in [0.4, 0.5) is 0 Å². The summed E-state index contributed by atoms with van der Waals surface area (Å²) in [5.74, 6) is -3.71. The van der Waals surface area contributed by atoms with E-state index in [1.165, 1.54) is 36.0 Å². The van der Waals surface area contributed by atoms with Gasteiger partial charge in [0.1, 0.15) is 23.2 Å². The highest BCUT2D eigenvalue weighted by atomic mass is 32.2. The number of hydrogen-bond acceptors (Lipinski definition) is 8. The van der Waals surface area contributed by atoms with Crippen LogP contribution in [0.5, 0.6) is 0 Å². The summed E-state index contributed by atoms with van der Waals surface area (Å²) < 4.78 is 26.8. The fourth-order valence-corrected chi connectivity index (χ4v) is 6.18. The van der Waals surface area contributed by atoms with E-state index in [4.69, 9.17) is 0 Å². The number of sulfonamides is 1. The van der Waals surface area contributed by atoms with Gasteiger partial charge in [-0.3, -0.25) is 19.3 Å². The summed E-state index contributed by atoms with van der Waals surface area (Å²) in [6.45, 7) is -0.499. The van der Waals surface area contributed by atoms with Gasteiger partial charge in [-0.25, -0.2) is 13.2 Å². The molecular formula is C20H23N3O9S2. The molecule has 0 aromatic heterocycles. The van der Waals surface area contributed by atoms with Crippen LogP contribution in [0.15, 0.2) is 46.5 Å². The van der Waals surface area contributed by atoms with Crippen LogP contribution in [0.25, 0.3) is 0 Å². The Hall–Kier alpha value is -2.94. The van der Waals surface area contributed by atoms with E-state index in [0.29, 0.717) is 0 Å². The SMILES string of the molecule is O=C(CCC[C@@H](NS(=O)(=O)c1ccccc1)C(=O)O)N[C@@H]1C(=O)N2C(C(=O)O)=C(CO)CS[C@H]12. The lowest BCUT2D eigenvalue weighted by molar-refractivity contribution is -0.150. The maximum atomic E-state index is 12.4. The molecule has 2 amide bonds. The molecule has 12 nitrogen and oxygen atoms in total. The van der Waals surface area contributed by atoms with Crippen LogP contribution in [-0.2, 0) is 29.2 Å². The smallest absolute Gasteiger partial charge is 0.352 e. The van der Waals surface area contributed by atoms with Gasteiger partial charge in [0.2, 0.25) is 15.9 Å². The number of carboxylic acid groups (broad SMARTS) is 2. The molecule has 1 aromatic rings. The number of aliphatic carboxylic acids is 2. The summed E-state index contributed by atoms with van der Waals surface area (Å²) in [4.78, 5) is 48.7. The summed E-state index contributed by atoms with van der Waals surface area (Å²) in [6, 6.07) is 4.88. The van der Waals surface area contributed by atoms with Crippen molar-refractivity contribution in [3.05, 3.63) is 41.6 Å². The molecule has 0 unspecified atom stereocenters. The van der Waals surface area contributed by atoms with E-state index >= 15 is 0 Å². The summed E-state index contributed by atoms with van der Waals surface area (Å²) >= 11 is 1.21. The highest BCUT2D eigenvalue weighted by molar-refractivity contribution is 8.00. The number of carbonyl (C=O) groups excluding carboxylic acids is 2. The number of carbonyl (C=O) groups is 4. The second kappa shape index (κ2) is 10.5. The predicted octanol–water partition coefficient (Wildman–Crippen LogP) is -0.681. The zero-order chi connectivity index (χ0) is 25.0. The number of amides is 2. The summed E-state index contributed by atoms with van der Waals surface area (Å²) in [5, 5.41) is 29.9. The van der Waals surface area contributed by atoms with Gasteiger partial charge in [-0.1, -0.05) is 18.2 Å². The third-order valence-electron chi connectivity index (χ3n) is 5.30. The molecule has 1 aromatic carbocycles. The zero-order valence-electron chi connectivity index (χ0n) is 17.7. The molecule has 0 bridgehead atoms. The highest BCUT2D eigenvalue weighted by Crippen LogP contribution is 2.40. The molecule has 1 fully saturated rings. The standard InChI is InChI=1S/C20H23N3O9S2/c24-9-11-10-33-18-15(17(26)23(18)16(11)20(29)30)21-14(25)8-4-7-13(19(27)28)22-34(31,32)12-5-2-1-3-6-12/h1-3,5-6,13,15,18,22,24H,4,7-10H2,(H,21,25)(H,27,28)(H,29,30)/t13-,15-,18-/m1/s1. The van der Waals surface area contributed by atoms with Crippen molar-refractivity contribution in [3.63, 3.8) is 0 Å². The first kappa shape index (κ1) is 25.7. The van der Waals surface area contributed by atoms with Gasteiger partial charge in [-0.05, 0) is 30.5 Å². The lowest BCUT2D eigenvalue weighted by Gasteiger charge is -2.49. The number of hydrogen-bond donors (Lipinski definition) is 5. The number of thioether (sulfide) groups is 1. The van der Waals surface area contributed by atoms with Crippen molar-refractivity contribution in [2.45, 2.75) is 41.6 Å². The second-order valence-corrected chi connectivity index (χ2v) is 10.4. The number of nitrogens with zero attached hydrogens (tertiary/aromatic N) is 1. The van der Waals surface area contributed by atoms with Gasteiger partial charge in [0.15, 0.2) is 0 Å². The third kappa shape index (κ3) is 5.41. The molecule has 34 heavy (non-hydrogen) atoms. The number of nitrogens with one attached hydrogen (secondary N) is 2. The Bertz CT molecular complexity index is 1120. The number of β-lactam (4-membered cyclic amide) rings is 1. The molecule has 2 heterocycles. The van der Waals surface area contributed by atoms with Crippen LogP contribution in [0.2, 0.25) is 0 Å². The molecule has 0 radical (unpaired) electrons. The van der Waals surface area contributed by atoms with Crippen molar-refractivity contribution in [1.29, 1.82) is 0 Å². The Kier molecular flexibility index (Phi) is 7.97. The van der Waals surface area contributed by atoms with Crippen molar-refractivity contribution >= 4 is 45.5 Å². The lowest BCUT2D eigenvalue weighted by atomic mass is 10.0. The topological polar surface area (TPSA) is 190 Å². The summed E-state index contributed by atoms with van der Waals surface area (Å²) in [6.07, 6.45) is -0.303. The molecule has 0 aliphatic carbocycles. The summed E-state index contributed by atoms with van der Waals surface area (Å²) in [7, 11) is -4.06. The molecule has 5 N–H and O–H groups in total. The van der Waals surface area contributed by atoms with Crippen LogP contribution >= 0.6 is 11.8 Å². The molecule has 1 saturated heterocycles. The molecule has 0 saturated carbocycles.